The van der Waals surface area contributed by atoms with Crippen molar-refractivity contribution in [1.29, 1.82) is 0 Å². The Labute approximate surface area is 167 Å². The van der Waals surface area contributed by atoms with Gasteiger partial charge in [0.1, 0.15) is 5.82 Å². The van der Waals surface area contributed by atoms with Crippen LogP contribution in [0.25, 0.3) is 0 Å². The van der Waals surface area contributed by atoms with E-state index in [0.29, 0.717) is 6.54 Å². The van der Waals surface area contributed by atoms with E-state index in [9.17, 15) is 4.79 Å². The summed E-state index contributed by atoms with van der Waals surface area (Å²) in [6, 6.07) is 17.9. The number of aromatic nitrogens is 3. The van der Waals surface area contributed by atoms with Crippen LogP contribution in [0, 0.1) is 6.92 Å². The summed E-state index contributed by atoms with van der Waals surface area (Å²) in [5.74, 6) is 0.994. The molecule has 0 unspecified atom stereocenters. The molecule has 5 nitrogen and oxygen atoms in total. The quantitative estimate of drug-likeness (QED) is 0.443. The highest BCUT2D eigenvalue weighted by Crippen LogP contribution is 2.33. The summed E-state index contributed by atoms with van der Waals surface area (Å²) in [5, 5.41) is 11.9. The van der Waals surface area contributed by atoms with Crippen LogP contribution in [0.1, 0.15) is 5.82 Å². The van der Waals surface area contributed by atoms with Crippen molar-refractivity contribution in [2.45, 2.75) is 28.4 Å². The predicted octanol–water partition coefficient (Wildman–Crippen LogP) is 4.65. The van der Waals surface area contributed by atoms with E-state index < -0.39 is 0 Å². The number of hydrogen-bond donors (Lipinski definition) is 1. The van der Waals surface area contributed by atoms with Gasteiger partial charge in [0.25, 0.3) is 0 Å². The second kappa shape index (κ2) is 9.43. The fourth-order valence-electron chi connectivity index (χ4n) is 2.40. The molecule has 0 aliphatic rings. The number of rotatable bonds is 8. The van der Waals surface area contributed by atoms with E-state index in [1.807, 2.05) is 66.1 Å². The van der Waals surface area contributed by atoms with Crippen molar-refractivity contribution >= 4 is 35.1 Å². The third kappa shape index (κ3) is 5.24. The Hall–Kier alpha value is -2.51. The van der Waals surface area contributed by atoms with E-state index in [1.165, 1.54) is 11.8 Å². The lowest BCUT2D eigenvalue weighted by Gasteiger charge is -2.11. The first-order valence-corrected chi connectivity index (χ1v) is 10.2. The van der Waals surface area contributed by atoms with Gasteiger partial charge in [-0.2, -0.15) is 0 Å². The van der Waals surface area contributed by atoms with Gasteiger partial charge in [-0.05, 0) is 31.2 Å². The zero-order chi connectivity index (χ0) is 19.1. The van der Waals surface area contributed by atoms with Gasteiger partial charge in [0.15, 0.2) is 5.16 Å². The molecule has 1 amide bonds. The van der Waals surface area contributed by atoms with Crippen LogP contribution in [0.15, 0.2) is 82.2 Å². The zero-order valence-corrected chi connectivity index (χ0v) is 16.6. The molecule has 0 fully saturated rings. The third-order valence-corrected chi connectivity index (χ3v) is 5.73. The molecule has 0 radical (unpaired) electrons. The van der Waals surface area contributed by atoms with E-state index in [2.05, 4.69) is 22.1 Å². The standard InChI is InChI=1S/C20H20N4OS2/c1-3-13-24-15(2)22-23-20(24)26-14-19(25)21-17-11-7-8-12-18(17)27-16-9-5-4-6-10-16/h3-12H,1,13-14H2,2H3,(H,21,25). The van der Waals surface area contributed by atoms with Gasteiger partial charge in [-0.25, -0.2) is 0 Å². The summed E-state index contributed by atoms with van der Waals surface area (Å²) in [6.07, 6.45) is 1.79. The number of aryl methyl sites for hydroxylation is 1. The summed E-state index contributed by atoms with van der Waals surface area (Å²) < 4.78 is 1.93. The number of nitrogens with zero attached hydrogens (tertiary/aromatic N) is 3. The molecular formula is C20H20N4OS2. The topological polar surface area (TPSA) is 59.8 Å². The van der Waals surface area contributed by atoms with Gasteiger partial charge in [-0.1, -0.05) is 59.9 Å². The molecule has 1 heterocycles. The summed E-state index contributed by atoms with van der Waals surface area (Å²) in [4.78, 5) is 14.6. The Balaban J connectivity index is 1.64. The lowest BCUT2D eigenvalue weighted by atomic mass is 10.3. The molecule has 0 atom stereocenters. The highest BCUT2D eigenvalue weighted by atomic mass is 32.2. The average Bonchev–Trinajstić information content (AvgIpc) is 3.03. The molecule has 1 aromatic heterocycles. The number of carbonyl (C=O) groups excluding carboxylic acids is 1. The first-order valence-electron chi connectivity index (χ1n) is 8.42. The molecule has 0 aliphatic heterocycles. The van der Waals surface area contributed by atoms with Crippen molar-refractivity contribution in [3.63, 3.8) is 0 Å². The minimum absolute atomic E-state index is 0.0769. The van der Waals surface area contributed by atoms with E-state index in [0.717, 1.165) is 26.5 Å². The second-order valence-electron chi connectivity index (χ2n) is 5.68. The van der Waals surface area contributed by atoms with Gasteiger partial charge >= 0.3 is 0 Å². The summed E-state index contributed by atoms with van der Waals surface area (Å²) in [7, 11) is 0. The SMILES string of the molecule is C=CCn1c(C)nnc1SCC(=O)Nc1ccccc1Sc1ccccc1. The largest absolute Gasteiger partial charge is 0.324 e. The monoisotopic (exact) mass is 396 g/mol. The van der Waals surface area contributed by atoms with Crippen molar-refractivity contribution in [2.24, 2.45) is 0 Å². The van der Waals surface area contributed by atoms with Gasteiger partial charge in [-0.3, -0.25) is 4.79 Å². The normalized spacial score (nSPS) is 10.6. The van der Waals surface area contributed by atoms with E-state index in [-0.39, 0.29) is 11.7 Å². The summed E-state index contributed by atoms with van der Waals surface area (Å²) in [5.41, 5.74) is 0.806. The van der Waals surface area contributed by atoms with Gasteiger partial charge in [0.05, 0.1) is 11.4 Å². The van der Waals surface area contributed by atoms with E-state index in [1.54, 1.807) is 17.8 Å². The Morgan fingerprint density at radius 1 is 1.15 bits per heavy atom. The summed E-state index contributed by atoms with van der Waals surface area (Å²) >= 11 is 2.99. The van der Waals surface area contributed by atoms with Crippen LogP contribution in [-0.4, -0.2) is 26.4 Å². The molecule has 0 saturated heterocycles. The highest BCUT2D eigenvalue weighted by molar-refractivity contribution is 8.00. The maximum absolute atomic E-state index is 12.4. The number of thioether (sulfide) groups is 1. The number of anilines is 1. The third-order valence-electron chi connectivity index (χ3n) is 3.68. The van der Waals surface area contributed by atoms with Gasteiger partial charge < -0.3 is 9.88 Å². The highest BCUT2D eigenvalue weighted by Gasteiger charge is 2.12. The van der Waals surface area contributed by atoms with Gasteiger partial charge in [0.2, 0.25) is 5.91 Å². The molecule has 0 aliphatic carbocycles. The Morgan fingerprint density at radius 2 is 1.89 bits per heavy atom. The lowest BCUT2D eigenvalue weighted by molar-refractivity contribution is -0.113. The smallest absolute Gasteiger partial charge is 0.234 e. The first-order chi connectivity index (χ1) is 13.2. The first kappa shape index (κ1) is 19.3. The predicted molar refractivity (Wildman–Crippen MR) is 111 cm³/mol. The minimum atomic E-state index is -0.0769. The van der Waals surface area contributed by atoms with Gasteiger partial charge in [0, 0.05) is 16.3 Å². The Morgan fingerprint density at radius 3 is 2.67 bits per heavy atom. The molecule has 138 valence electrons. The molecule has 7 heteroatoms. The average molecular weight is 397 g/mol. The molecule has 3 aromatic rings. The van der Waals surface area contributed by atoms with Crippen LogP contribution in [0.2, 0.25) is 0 Å². The molecular weight excluding hydrogens is 376 g/mol. The molecule has 0 saturated carbocycles. The lowest BCUT2D eigenvalue weighted by Crippen LogP contribution is -2.15. The maximum Gasteiger partial charge on any atom is 0.234 e. The fourth-order valence-corrected chi connectivity index (χ4v) is 4.11. The Kier molecular flexibility index (Phi) is 6.73. The van der Waals surface area contributed by atoms with Crippen LogP contribution >= 0.6 is 23.5 Å². The van der Waals surface area contributed by atoms with Crippen LogP contribution in [0.5, 0.6) is 0 Å². The molecule has 27 heavy (non-hydrogen) atoms. The van der Waals surface area contributed by atoms with Crippen molar-refractivity contribution in [1.82, 2.24) is 14.8 Å². The van der Waals surface area contributed by atoms with Crippen LogP contribution in [-0.2, 0) is 11.3 Å². The van der Waals surface area contributed by atoms with Crippen molar-refractivity contribution in [2.75, 3.05) is 11.1 Å². The van der Waals surface area contributed by atoms with Crippen LogP contribution in [0.3, 0.4) is 0 Å². The van der Waals surface area contributed by atoms with E-state index >= 15 is 0 Å². The van der Waals surface area contributed by atoms with Crippen molar-refractivity contribution in [3.05, 3.63) is 73.1 Å². The van der Waals surface area contributed by atoms with Crippen molar-refractivity contribution in [3.8, 4) is 0 Å². The van der Waals surface area contributed by atoms with Crippen LogP contribution < -0.4 is 5.32 Å². The number of allylic oxidation sites excluding steroid dienone is 1. The number of carbonyl (C=O) groups is 1. The minimum Gasteiger partial charge on any atom is -0.324 e. The van der Waals surface area contributed by atoms with Crippen molar-refractivity contribution < 1.29 is 4.79 Å². The van der Waals surface area contributed by atoms with Gasteiger partial charge in [-0.15, -0.1) is 16.8 Å². The number of hydrogen-bond acceptors (Lipinski definition) is 5. The Bertz CT molecular complexity index is 925. The summed E-state index contributed by atoms with van der Waals surface area (Å²) in [6.45, 7) is 6.26. The van der Waals surface area contributed by atoms with Crippen LogP contribution in [0.4, 0.5) is 5.69 Å². The number of amides is 1. The zero-order valence-electron chi connectivity index (χ0n) is 15.0. The molecule has 3 rings (SSSR count). The fraction of sp³-hybridized carbons (Fsp3) is 0.150. The molecule has 2 aromatic carbocycles. The maximum atomic E-state index is 12.4. The molecule has 0 spiro atoms. The second-order valence-corrected chi connectivity index (χ2v) is 7.74. The molecule has 1 N–H and O–H groups in total. The van der Waals surface area contributed by atoms with E-state index in [4.69, 9.17) is 0 Å². The molecule has 0 bridgehead atoms. The number of para-hydroxylation sites is 1. The number of benzene rings is 2. The number of nitrogens with one attached hydrogen (secondary N) is 1.